The minimum absolute atomic E-state index is 0.0386. The van der Waals surface area contributed by atoms with E-state index in [0.717, 1.165) is 38.5 Å². The molecule has 10 atom stereocenters. The third-order valence-electron chi connectivity index (χ3n) is 11.3. The summed E-state index contributed by atoms with van der Waals surface area (Å²) < 4.78 is 29.3. The highest BCUT2D eigenvalue weighted by Gasteiger charge is 2.87. The van der Waals surface area contributed by atoms with Crippen molar-refractivity contribution in [3.05, 3.63) is 11.6 Å². The summed E-state index contributed by atoms with van der Waals surface area (Å²) in [5.41, 5.74) is -0.737. The van der Waals surface area contributed by atoms with Crippen LogP contribution in [0.2, 0.25) is 0 Å². The van der Waals surface area contributed by atoms with Crippen molar-refractivity contribution < 1.29 is 42.9 Å². The maximum absolute atomic E-state index is 12.3. The smallest absolute Gasteiger partial charge is 0.303 e. The SMILES string of the molecule is CC(=O)OCC(OC(C)=O)C1(C)O[C@@]12[C@H](OC(C)=O)C[C@H]1[C@@H]3CC=C4C[C@@H](OC(C)=O)CC[C@]4(C)[C@H]3CC[C@@]12C. The Bertz CT molecular complexity index is 1130. The number of fused-ring (bicyclic) bond motifs is 6. The molecule has 1 saturated heterocycles. The van der Waals surface area contributed by atoms with Crippen molar-refractivity contribution >= 4 is 23.9 Å². The Morgan fingerprint density at radius 2 is 1.62 bits per heavy atom. The molecule has 5 rings (SSSR count). The topological polar surface area (TPSA) is 118 Å². The highest BCUT2D eigenvalue weighted by Crippen LogP contribution is 2.76. The van der Waals surface area contributed by atoms with Gasteiger partial charge in [-0.05, 0) is 68.6 Å². The molecule has 3 saturated carbocycles. The number of hydrogen-bond donors (Lipinski definition) is 0. The van der Waals surface area contributed by atoms with E-state index in [2.05, 4.69) is 19.9 Å². The van der Waals surface area contributed by atoms with E-state index in [1.54, 1.807) is 0 Å². The lowest BCUT2D eigenvalue weighted by Crippen LogP contribution is -2.56. The van der Waals surface area contributed by atoms with E-state index >= 15 is 0 Å². The molecule has 0 aromatic carbocycles. The first kappa shape index (κ1) is 29.1. The molecular weight excluding hydrogens is 516 g/mol. The zero-order valence-corrected chi connectivity index (χ0v) is 24.9. The number of epoxide rings is 1. The van der Waals surface area contributed by atoms with E-state index in [0.29, 0.717) is 18.3 Å². The Morgan fingerprint density at radius 1 is 0.925 bits per heavy atom. The first-order valence-corrected chi connectivity index (χ1v) is 14.7. The first-order chi connectivity index (χ1) is 18.7. The summed E-state index contributed by atoms with van der Waals surface area (Å²) >= 11 is 0. The van der Waals surface area contributed by atoms with Gasteiger partial charge in [0.05, 0.1) is 0 Å². The third-order valence-corrected chi connectivity index (χ3v) is 11.3. The second-order valence-electron chi connectivity index (χ2n) is 13.4. The Balaban J connectivity index is 1.47. The summed E-state index contributed by atoms with van der Waals surface area (Å²) in [6, 6.07) is 0. The lowest BCUT2D eigenvalue weighted by Gasteiger charge is -2.57. The van der Waals surface area contributed by atoms with Gasteiger partial charge in [0.1, 0.15) is 30.0 Å². The number of carbonyl (C=O) groups excluding carboxylic acids is 4. The van der Waals surface area contributed by atoms with Crippen molar-refractivity contribution in [1.82, 2.24) is 0 Å². The molecule has 1 heterocycles. The first-order valence-electron chi connectivity index (χ1n) is 14.7. The average Bonchev–Trinajstić information content (AvgIpc) is 3.43. The standard InChI is InChI=1S/C31H44O9/c1-17(32)36-16-27(39-20(4)35)30(7)31(40-30)26(38-19(3)34)15-25-23-9-8-21-14-22(37-18(2)33)10-12-28(21,5)24(23)11-13-29(25,31)6/h8,22-27H,9-16H2,1-7H3/t22-,23+,24-,25-,26+,27?,28-,29-,30?,31+/m0/s1. The molecule has 9 nitrogen and oxygen atoms in total. The zero-order chi connectivity index (χ0) is 29.3. The van der Waals surface area contributed by atoms with Gasteiger partial charge in [-0.2, -0.15) is 0 Å². The molecule has 9 heteroatoms. The van der Waals surface area contributed by atoms with Crippen LogP contribution in [0.1, 0.15) is 93.4 Å². The van der Waals surface area contributed by atoms with Crippen LogP contribution >= 0.6 is 0 Å². The molecule has 0 amide bonds. The predicted molar refractivity (Wildman–Crippen MR) is 143 cm³/mol. The van der Waals surface area contributed by atoms with Gasteiger partial charge in [-0.25, -0.2) is 0 Å². The molecule has 4 aliphatic carbocycles. The Morgan fingerprint density at radius 3 is 2.25 bits per heavy atom. The van der Waals surface area contributed by atoms with Gasteiger partial charge in [-0.15, -0.1) is 0 Å². The predicted octanol–water partition coefficient (Wildman–Crippen LogP) is 4.45. The van der Waals surface area contributed by atoms with Crippen molar-refractivity contribution in [2.45, 2.75) is 123 Å². The summed E-state index contributed by atoms with van der Waals surface area (Å²) in [7, 11) is 0. The molecule has 0 bridgehead atoms. The minimum Gasteiger partial charge on any atom is -0.462 e. The summed E-state index contributed by atoms with van der Waals surface area (Å²) in [4.78, 5) is 47.7. The molecule has 1 aliphatic heterocycles. The average molecular weight is 561 g/mol. The molecule has 0 aromatic rings. The van der Waals surface area contributed by atoms with Crippen LogP contribution in [-0.4, -0.2) is 60.0 Å². The van der Waals surface area contributed by atoms with Crippen LogP contribution in [0.5, 0.6) is 0 Å². The second kappa shape index (κ2) is 9.85. The summed E-state index contributed by atoms with van der Waals surface area (Å²) in [5.74, 6) is -0.478. The minimum atomic E-state index is -0.980. The molecule has 5 aliphatic rings. The molecule has 40 heavy (non-hydrogen) atoms. The molecule has 1 spiro atoms. The number of esters is 4. The Labute approximate surface area is 236 Å². The van der Waals surface area contributed by atoms with Crippen LogP contribution < -0.4 is 0 Å². The van der Waals surface area contributed by atoms with E-state index in [4.69, 9.17) is 23.7 Å². The summed E-state index contributed by atoms with van der Waals surface area (Å²) in [6.07, 6.45) is 7.09. The van der Waals surface area contributed by atoms with Gasteiger partial charge < -0.3 is 23.7 Å². The fraction of sp³-hybridized carbons (Fsp3) is 0.806. The van der Waals surface area contributed by atoms with Crippen LogP contribution in [-0.2, 0) is 42.9 Å². The quantitative estimate of drug-likeness (QED) is 0.201. The molecule has 4 fully saturated rings. The third kappa shape index (κ3) is 4.29. The maximum Gasteiger partial charge on any atom is 0.303 e. The highest BCUT2D eigenvalue weighted by molar-refractivity contribution is 5.68. The van der Waals surface area contributed by atoms with Gasteiger partial charge in [-0.1, -0.05) is 25.5 Å². The van der Waals surface area contributed by atoms with Crippen molar-refractivity contribution in [3.63, 3.8) is 0 Å². The fourth-order valence-corrected chi connectivity index (χ4v) is 9.66. The fourth-order valence-electron chi connectivity index (χ4n) is 9.66. The molecular formula is C31H44O9. The van der Waals surface area contributed by atoms with E-state index in [-0.39, 0.29) is 41.4 Å². The van der Waals surface area contributed by atoms with Crippen molar-refractivity contribution in [3.8, 4) is 0 Å². The van der Waals surface area contributed by atoms with Crippen LogP contribution in [0.15, 0.2) is 11.6 Å². The van der Waals surface area contributed by atoms with Crippen LogP contribution in [0, 0.1) is 28.6 Å². The second-order valence-corrected chi connectivity index (χ2v) is 13.4. The van der Waals surface area contributed by atoms with Gasteiger partial charge in [0.25, 0.3) is 0 Å². The number of carbonyl (C=O) groups is 4. The number of allylic oxidation sites excluding steroid dienone is 1. The van der Waals surface area contributed by atoms with Gasteiger partial charge in [0.2, 0.25) is 0 Å². The maximum atomic E-state index is 12.3. The monoisotopic (exact) mass is 560 g/mol. The molecule has 222 valence electrons. The van der Waals surface area contributed by atoms with Crippen molar-refractivity contribution in [2.24, 2.45) is 28.6 Å². The van der Waals surface area contributed by atoms with Crippen molar-refractivity contribution in [2.75, 3.05) is 6.61 Å². The van der Waals surface area contributed by atoms with Gasteiger partial charge in [-0.3, -0.25) is 19.2 Å². The van der Waals surface area contributed by atoms with Crippen LogP contribution in [0.4, 0.5) is 0 Å². The number of ether oxygens (including phenoxy) is 5. The van der Waals surface area contributed by atoms with E-state index < -0.39 is 35.3 Å². The zero-order valence-electron chi connectivity index (χ0n) is 24.9. The van der Waals surface area contributed by atoms with Crippen LogP contribution in [0.3, 0.4) is 0 Å². The largest absolute Gasteiger partial charge is 0.462 e. The van der Waals surface area contributed by atoms with Crippen molar-refractivity contribution in [1.29, 1.82) is 0 Å². The van der Waals surface area contributed by atoms with Gasteiger partial charge in [0, 0.05) is 39.5 Å². The lowest BCUT2D eigenvalue weighted by atomic mass is 9.46. The van der Waals surface area contributed by atoms with E-state index in [9.17, 15) is 19.2 Å². The lowest BCUT2D eigenvalue weighted by molar-refractivity contribution is -0.161. The van der Waals surface area contributed by atoms with E-state index in [1.807, 2.05) is 6.92 Å². The summed E-state index contributed by atoms with van der Waals surface area (Å²) in [5, 5.41) is 0. The Hall–Kier alpha value is -2.42. The Kier molecular flexibility index (Phi) is 7.16. The molecule has 0 aromatic heterocycles. The molecule has 0 N–H and O–H groups in total. The molecule has 0 radical (unpaired) electrons. The molecule has 2 unspecified atom stereocenters. The number of hydrogen-bond acceptors (Lipinski definition) is 9. The van der Waals surface area contributed by atoms with Crippen LogP contribution in [0.25, 0.3) is 0 Å². The van der Waals surface area contributed by atoms with Gasteiger partial charge in [0.15, 0.2) is 6.10 Å². The summed E-state index contributed by atoms with van der Waals surface area (Å²) in [6.45, 7) is 11.9. The highest BCUT2D eigenvalue weighted by atomic mass is 16.7. The van der Waals surface area contributed by atoms with Gasteiger partial charge >= 0.3 is 23.9 Å². The van der Waals surface area contributed by atoms with E-state index in [1.165, 1.54) is 33.3 Å². The normalized spacial score (nSPS) is 43.8. The number of rotatable bonds is 6.